The number of hydrogen-bond donors (Lipinski definition) is 1. The highest BCUT2D eigenvalue weighted by Gasteiger charge is 2.17. The summed E-state index contributed by atoms with van der Waals surface area (Å²) in [6.45, 7) is 3.93. The van der Waals surface area contributed by atoms with Gasteiger partial charge in [-0.25, -0.2) is 8.42 Å². The van der Waals surface area contributed by atoms with Crippen LogP contribution in [-0.4, -0.2) is 20.2 Å². The summed E-state index contributed by atoms with van der Waals surface area (Å²) in [4.78, 5) is 0.365. The van der Waals surface area contributed by atoms with Crippen LogP contribution in [0.2, 0.25) is 0 Å². The maximum Gasteiger partial charge on any atom is 0.179 e. The van der Waals surface area contributed by atoms with Crippen LogP contribution in [0.3, 0.4) is 0 Å². The quantitative estimate of drug-likeness (QED) is 0.856. The average Bonchev–Trinajstić information content (AvgIpc) is 2.17. The van der Waals surface area contributed by atoms with Crippen LogP contribution in [0.25, 0.3) is 0 Å². The van der Waals surface area contributed by atoms with Crippen molar-refractivity contribution in [1.29, 1.82) is 0 Å². The van der Waals surface area contributed by atoms with Gasteiger partial charge in [0, 0.05) is 6.04 Å². The molecule has 1 atom stereocenters. The summed E-state index contributed by atoms with van der Waals surface area (Å²) < 4.78 is 23.9. The summed E-state index contributed by atoms with van der Waals surface area (Å²) in [6.07, 6.45) is 1.65. The first kappa shape index (κ1) is 13.2. The van der Waals surface area contributed by atoms with Gasteiger partial charge in [-0.2, -0.15) is 0 Å². The zero-order chi connectivity index (χ0) is 12.2. The minimum atomic E-state index is -3.22. The minimum Gasteiger partial charge on any atom is -0.327 e. The fraction of sp³-hybridized carbons (Fsp3) is 0.500. The molecule has 0 radical (unpaired) electrons. The van der Waals surface area contributed by atoms with E-state index in [9.17, 15) is 8.42 Å². The van der Waals surface area contributed by atoms with Crippen molar-refractivity contribution < 1.29 is 8.42 Å². The molecule has 0 aromatic heterocycles. The first-order valence-electron chi connectivity index (χ1n) is 5.50. The van der Waals surface area contributed by atoms with Gasteiger partial charge in [0.2, 0.25) is 0 Å². The molecule has 0 fully saturated rings. The molecule has 0 amide bonds. The van der Waals surface area contributed by atoms with Crippen LogP contribution in [0.1, 0.15) is 25.3 Å². The van der Waals surface area contributed by atoms with E-state index in [2.05, 4.69) is 0 Å². The van der Waals surface area contributed by atoms with E-state index in [1.165, 1.54) is 0 Å². The summed E-state index contributed by atoms with van der Waals surface area (Å²) in [5.41, 5.74) is 6.81. The molecule has 0 bridgehead atoms. The second-order valence-electron chi connectivity index (χ2n) is 4.14. The Labute approximate surface area is 97.6 Å². The van der Waals surface area contributed by atoms with Crippen LogP contribution in [-0.2, 0) is 9.84 Å². The highest BCUT2D eigenvalue weighted by Crippen LogP contribution is 2.13. The van der Waals surface area contributed by atoms with Crippen molar-refractivity contribution >= 4 is 9.84 Å². The van der Waals surface area contributed by atoms with Crippen LogP contribution < -0.4 is 5.73 Å². The van der Waals surface area contributed by atoms with Crippen LogP contribution in [0.4, 0.5) is 0 Å². The van der Waals surface area contributed by atoms with E-state index in [0.717, 1.165) is 18.4 Å². The Morgan fingerprint density at radius 3 is 2.31 bits per heavy atom. The monoisotopic (exact) mass is 241 g/mol. The summed E-state index contributed by atoms with van der Waals surface area (Å²) in [7, 11) is -3.22. The van der Waals surface area contributed by atoms with Crippen LogP contribution in [0.5, 0.6) is 0 Å². The number of benzene rings is 1. The summed E-state index contributed by atoms with van der Waals surface area (Å²) in [6, 6.07) is 6.62. The fourth-order valence-corrected chi connectivity index (χ4v) is 3.05. The molecule has 0 aliphatic carbocycles. The average molecular weight is 241 g/mol. The lowest BCUT2D eigenvalue weighted by molar-refractivity contribution is 0.577. The van der Waals surface area contributed by atoms with Crippen molar-refractivity contribution in [2.45, 2.75) is 37.6 Å². The van der Waals surface area contributed by atoms with E-state index in [-0.39, 0.29) is 11.8 Å². The SMILES string of the molecule is CCCC(N)CS(=O)(=O)c1ccc(C)cc1. The third-order valence-electron chi connectivity index (χ3n) is 2.47. The van der Waals surface area contributed by atoms with Crippen molar-refractivity contribution in [3.63, 3.8) is 0 Å². The predicted octanol–water partition coefficient (Wildman–Crippen LogP) is 1.90. The van der Waals surface area contributed by atoms with Gasteiger partial charge >= 0.3 is 0 Å². The molecule has 1 aromatic rings. The van der Waals surface area contributed by atoms with Crippen molar-refractivity contribution in [3.8, 4) is 0 Å². The van der Waals surface area contributed by atoms with Crippen molar-refractivity contribution in [2.24, 2.45) is 5.73 Å². The van der Waals surface area contributed by atoms with Crippen molar-refractivity contribution in [3.05, 3.63) is 29.8 Å². The second-order valence-corrected chi connectivity index (χ2v) is 6.18. The largest absolute Gasteiger partial charge is 0.327 e. The molecule has 0 heterocycles. The Balaban J connectivity index is 2.82. The summed E-state index contributed by atoms with van der Waals surface area (Å²) in [5, 5.41) is 0. The van der Waals surface area contributed by atoms with E-state index >= 15 is 0 Å². The third kappa shape index (κ3) is 3.61. The number of sulfone groups is 1. The molecule has 3 nitrogen and oxygen atoms in total. The van der Waals surface area contributed by atoms with E-state index < -0.39 is 9.84 Å². The molecule has 0 spiro atoms. The molecule has 16 heavy (non-hydrogen) atoms. The van der Waals surface area contributed by atoms with E-state index in [0.29, 0.717) is 4.90 Å². The Hall–Kier alpha value is -0.870. The molecule has 0 saturated heterocycles. The molecule has 1 rings (SSSR count). The maximum atomic E-state index is 11.9. The highest BCUT2D eigenvalue weighted by molar-refractivity contribution is 7.91. The molecule has 1 unspecified atom stereocenters. The van der Waals surface area contributed by atoms with Gasteiger partial charge in [0.05, 0.1) is 10.6 Å². The van der Waals surface area contributed by atoms with Gasteiger partial charge in [-0.3, -0.25) is 0 Å². The molecule has 1 aromatic carbocycles. The van der Waals surface area contributed by atoms with Gasteiger partial charge in [-0.05, 0) is 25.5 Å². The maximum absolute atomic E-state index is 11.9. The van der Waals surface area contributed by atoms with Gasteiger partial charge in [0.15, 0.2) is 9.84 Å². The van der Waals surface area contributed by atoms with E-state index in [1.54, 1.807) is 24.3 Å². The molecule has 0 aliphatic heterocycles. The zero-order valence-corrected chi connectivity index (χ0v) is 10.6. The van der Waals surface area contributed by atoms with Crippen LogP contribution in [0, 0.1) is 6.92 Å². The Morgan fingerprint density at radius 1 is 1.25 bits per heavy atom. The lowest BCUT2D eigenvalue weighted by atomic mass is 10.2. The highest BCUT2D eigenvalue weighted by atomic mass is 32.2. The molecule has 90 valence electrons. The molecular weight excluding hydrogens is 222 g/mol. The molecule has 0 aliphatic rings. The topological polar surface area (TPSA) is 60.2 Å². The van der Waals surface area contributed by atoms with Crippen molar-refractivity contribution in [2.75, 3.05) is 5.75 Å². The number of aryl methyl sites for hydroxylation is 1. The Kier molecular flexibility index (Phi) is 4.50. The third-order valence-corrected chi connectivity index (χ3v) is 4.33. The second kappa shape index (κ2) is 5.46. The Morgan fingerprint density at radius 2 is 1.81 bits per heavy atom. The minimum absolute atomic E-state index is 0.0316. The smallest absolute Gasteiger partial charge is 0.179 e. The first-order valence-corrected chi connectivity index (χ1v) is 7.16. The normalized spacial score (nSPS) is 13.7. The van der Waals surface area contributed by atoms with E-state index in [4.69, 9.17) is 5.73 Å². The molecule has 4 heteroatoms. The number of rotatable bonds is 5. The van der Waals surface area contributed by atoms with Gasteiger partial charge in [-0.15, -0.1) is 0 Å². The molecule has 2 N–H and O–H groups in total. The lowest BCUT2D eigenvalue weighted by Crippen LogP contribution is -2.29. The zero-order valence-electron chi connectivity index (χ0n) is 9.81. The fourth-order valence-electron chi connectivity index (χ4n) is 1.58. The molecule has 0 saturated carbocycles. The van der Waals surface area contributed by atoms with Crippen molar-refractivity contribution in [1.82, 2.24) is 0 Å². The van der Waals surface area contributed by atoms with Crippen LogP contribution in [0.15, 0.2) is 29.2 Å². The lowest BCUT2D eigenvalue weighted by Gasteiger charge is -2.11. The molecular formula is C12H19NO2S. The number of hydrogen-bond acceptors (Lipinski definition) is 3. The van der Waals surface area contributed by atoms with Gasteiger partial charge in [0.1, 0.15) is 0 Å². The van der Waals surface area contributed by atoms with Gasteiger partial charge < -0.3 is 5.73 Å². The standard InChI is InChI=1S/C12H19NO2S/c1-3-4-11(13)9-16(14,15)12-7-5-10(2)6-8-12/h5-8,11H,3-4,9,13H2,1-2H3. The van der Waals surface area contributed by atoms with Gasteiger partial charge in [0.25, 0.3) is 0 Å². The number of nitrogens with two attached hydrogens (primary N) is 1. The van der Waals surface area contributed by atoms with E-state index in [1.807, 2.05) is 13.8 Å². The predicted molar refractivity (Wildman–Crippen MR) is 66.1 cm³/mol. The van der Waals surface area contributed by atoms with Crippen LogP contribution >= 0.6 is 0 Å². The van der Waals surface area contributed by atoms with Gasteiger partial charge in [-0.1, -0.05) is 31.0 Å². The summed E-state index contributed by atoms with van der Waals surface area (Å²) >= 11 is 0. The Bertz CT molecular complexity index is 423. The summed E-state index contributed by atoms with van der Waals surface area (Å²) in [5.74, 6) is 0.0316. The first-order chi connectivity index (χ1) is 7.45.